The number of thiazole rings is 1. The van der Waals surface area contributed by atoms with E-state index >= 15 is 0 Å². The second-order valence-corrected chi connectivity index (χ2v) is 7.37. The molecule has 2 aromatic rings. The highest BCUT2D eigenvalue weighted by Crippen LogP contribution is 2.34. The fourth-order valence-electron chi connectivity index (χ4n) is 3.28. The molecule has 1 aromatic carbocycles. The number of rotatable bonds is 4. The lowest BCUT2D eigenvalue weighted by Crippen LogP contribution is -2.40. The Balaban J connectivity index is 1.63. The molecular formula is C18H24N2OS. The van der Waals surface area contributed by atoms with Crippen LogP contribution in [0.5, 0.6) is 0 Å². The van der Waals surface area contributed by atoms with Gasteiger partial charge in [0.15, 0.2) is 0 Å². The minimum atomic E-state index is 0.170. The average Bonchev–Trinajstić information content (AvgIpc) is 2.98. The zero-order chi connectivity index (χ0) is 15.5. The van der Waals surface area contributed by atoms with Crippen LogP contribution in [0.4, 0.5) is 0 Å². The Bertz CT molecular complexity index is 610. The lowest BCUT2D eigenvalue weighted by Gasteiger charge is -2.32. The van der Waals surface area contributed by atoms with E-state index < -0.39 is 0 Å². The van der Waals surface area contributed by atoms with Crippen LogP contribution in [0, 0.1) is 5.92 Å². The van der Waals surface area contributed by atoms with Gasteiger partial charge in [0, 0.05) is 24.9 Å². The first-order valence-electron chi connectivity index (χ1n) is 8.33. The quantitative estimate of drug-likeness (QED) is 0.835. The Hall–Kier alpha value is -1.42. The number of carbonyl (C=O) groups is 1. The molecule has 0 N–H and O–H groups in total. The fraction of sp³-hybridized carbons (Fsp3) is 0.556. The average molecular weight is 316 g/mol. The highest BCUT2D eigenvalue weighted by molar-refractivity contribution is 7.18. The molecule has 0 aliphatic carbocycles. The molecule has 0 radical (unpaired) electrons. The molecule has 22 heavy (non-hydrogen) atoms. The van der Waals surface area contributed by atoms with Crippen molar-refractivity contribution in [1.29, 1.82) is 0 Å². The normalized spacial score (nSPS) is 17.8. The summed E-state index contributed by atoms with van der Waals surface area (Å²) in [5.74, 6) is 1.02. The number of hydrogen-bond acceptors (Lipinski definition) is 3. The summed E-state index contributed by atoms with van der Waals surface area (Å²) >= 11 is 1.81. The van der Waals surface area contributed by atoms with Crippen molar-refractivity contribution < 1.29 is 4.79 Å². The van der Waals surface area contributed by atoms with Crippen LogP contribution in [0.3, 0.4) is 0 Å². The summed E-state index contributed by atoms with van der Waals surface area (Å²) in [6.45, 7) is 5.97. The molecule has 1 atom stereocenters. The Morgan fingerprint density at radius 3 is 2.77 bits per heavy atom. The smallest absolute Gasteiger partial charge is 0.225 e. The molecule has 0 spiro atoms. The van der Waals surface area contributed by atoms with Crippen molar-refractivity contribution in [3.05, 3.63) is 29.3 Å². The molecule has 3 nitrogen and oxygen atoms in total. The van der Waals surface area contributed by atoms with Gasteiger partial charge in [0.25, 0.3) is 0 Å². The molecule has 2 heterocycles. The summed E-state index contributed by atoms with van der Waals surface area (Å²) in [5, 5.41) is 1.25. The summed E-state index contributed by atoms with van der Waals surface area (Å²) in [6, 6.07) is 8.34. The van der Waals surface area contributed by atoms with Gasteiger partial charge in [-0.15, -0.1) is 11.3 Å². The second-order valence-electron chi connectivity index (χ2n) is 6.31. The zero-order valence-electron chi connectivity index (χ0n) is 13.4. The molecule has 4 heteroatoms. The lowest BCUT2D eigenvalue weighted by molar-refractivity contribution is -0.136. The molecule has 1 aliphatic rings. The zero-order valence-corrected chi connectivity index (χ0v) is 14.2. The number of aromatic nitrogens is 1. The predicted octanol–water partition coefficient (Wildman–Crippen LogP) is 4.44. The van der Waals surface area contributed by atoms with Crippen LogP contribution in [-0.4, -0.2) is 28.9 Å². The third-order valence-electron chi connectivity index (χ3n) is 4.61. The topological polar surface area (TPSA) is 33.2 Å². The summed E-state index contributed by atoms with van der Waals surface area (Å²) in [5.41, 5.74) is 1.11. The number of amides is 1. The van der Waals surface area contributed by atoms with E-state index in [0.29, 0.717) is 11.8 Å². The number of hydrogen-bond donors (Lipinski definition) is 0. The number of benzene rings is 1. The van der Waals surface area contributed by atoms with Gasteiger partial charge in [0.05, 0.1) is 15.2 Å². The maximum absolute atomic E-state index is 12.4. The molecular weight excluding hydrogens is 292 g/mol. The third-order valence-corrected chi connectivity index (χ3v) is 5.81. The SMILES string of the molecule is CCCC(C)C(=O)N1CCC(c2nc3ccccc3s2)CC1. The number of nitrogens with zero attached hydrogens (tertiary/aromatic N) is 2. The van der Waals surface area contributed by atoms with Gasteiger partial charge in [-0.1, -0.05) is 32.4 Å². The standard InChI is InChI=1S/C18H24N2OS/c1-3-6-13(2)18(21)20-11-9-14(10-12-20)17-19-15-7-4-5-8-16(15)22-17/h4-5,7-8,13-14H,3,6,9-12H2,1-2H3. The summed E-state index contributed by atoms with van der Waals surface area (Å²) in [7, 11) is 0. The highest BCUT2D eigenvalue weighted by Gasteiger charge is 2.27. The van der Waals surface area contributed by atoms with Crippen molar-refractivity contribution in [2.24, 2.45) is 5.92 Å². The molecule has 1 fully saturated rings. The van der Waals surface area contributed by atoms with E-state index in [4.69, 9.17) is 4.98 Å². The number of carbonyl (C=O) groups excluding carboxylic acids is 1. The largest absolute Gasteiger partial charge is 0.342 e. The van der Waals surface area contributed by atoms with Crippen LogP contribution < -0.4 is 0 Å². The van der Waals surface area contributed by atoms with Gasteiger partial charge in [-0.3, -0.25) is 4.79 Å². The molecule has 1 aliphatic heterocycles. The summed E-state index contributed by atoms with van der Waals surface area (Å²) < 4.78 is 1.27. The fourth-order valence-corrected chi connectivity index (χ4v) is 4.42. The van der Waals surface area contributed by atoms with Crippen molar-refractivity contribution >= 4 is 27.5 Å². The van der Waals surface area contributed by atoms with Crippen LogP contribution in [0.2, 0.25) is 0 Å². The Kier molecular flexibility index (Phi) is 4.77. The molecule has 118 valence electrons. The van der Waals surface area contributed by atoms with Gasteiger partial charge < -0.3 is 4.90 Å². The Labute approximate surface area is 136 Å². The van der Waals surface area contributed by atoms with E-state index in [-0.39, 0.29) is 5.92 Å². The molecule has 1 amide bonds. The van der Waals surface area contributed by atoms with E-state index in [9.17, 15) is 4.79 Å². The Morgan fingerprint density at radius 2 is 2.09 bits per heavy atom. The van der Waals surface area contributed by atoms with E-state index in [1.807, 2.05) is 17.4 Å². The minimum Gasteiger partial charge on any atom is -0.342 e. The first kappa shape index (κ1) is 15.5. The Morgan fingerprint density at radius 1 is 1.36 bits per heavy atom. The van der Waals surface area contributed by atoms with Crippen LogP contribution in [-0.2, 0) is 4.79 Å². The summed E-state index contributed by atoms with van der Waals surface area (Å²) in [6.07, 6.45) is 4.17. The molecule has 1 saturated heterocycles. The van der Waals surface area contributed by atoms with Gasteiger partial charge in [0.1, 0.15) is 0 Å². The second kappa shape index (κ2) is 6.78. The van der Waals surface area contributed by atoms with Crippen LogP contribution in [0.15, 0.2) is 24.3 Å². The van der Waals surface area contributed by atoms with E-state index in [1.165, 1.54) is 9.71 Å². The van der Waals surface area contributed by atoms with E-state index in [0.717, 1.165) is 44.3 Å². The highest BCUT2D eigenvalue weighted by atomic mass is 32.1. The monoisotopic (exact) mass is 316 g/mol. The molecule has 3 rings (SSSR count). The third kappa shape index (κ3) is 3.17. The van der Waals surface area contributed by atoms with Crippen molar-refractivity contribution in [3.63, 3.8) is 0 Å². The number of para-hydroxylation sites is 1. The van der Waals surface area contributed by atoms with Crippen LogP contribution in [0.1, 0.15) is 50.5 Å². The molecule has 1 aromatic heterocycles. The number of piperidine rings is 1. The maximum Gasteiger partial charge on any atom is 0.225 e. The van der Waals surface area contributed by atoms with Crippen molar-refractivity contribution in [1.82, 2.24) is 9.88 Å². The first-order valence-corrected chi connectivity index (χ1v) is 9.15. The van der Waals surface area contributed by atoms with E-state index in [2.05, 4.69) is 36.9 Å². The van der Waals surface area contributed by atoms with Crippen molar-refractivity contribution in [3.8, 4) is 0 Å². The van der Waals surface area contributed by atoms with E-state index in [1.54, 1.807) is 0 Å². The molecule has 0 bridgehead atoms. The van der Waals surface area contributed by atoms with Crippen LogP contribution in [0.25, 0.3) is 10.2 Å². The maximum atomic E-state index is 12.4. The minimum absolute atomic E-state index is 0.170. The van der Waals surface area contributed by atoms with Gasteiger partial charge >= 0.3 is 0 Å². The van der Waals surface area contributed by atoms with Crippen molar-refractivity contribution in [2.75, 3.05) is 13.1 Å². The van der Waals surface area contributed by atoms with Crippen molar-refractivity contribution in [2.45, 2.75) is 45.4 Å². The lowest BCUT2D eigenvalue weighted by atomic mass is 9.95. The van der Waals surface area contributed by atoms with Gasteiger partial charge in [0.2, 0.25) is 5.91 Å². The summed E-state index contributed by atoms with van der Waals surface area (Å²) in [4.78, 5) is 19.2. The predicted molar refractivity (Wildman–Crippen MR) is 92.2 cm³/mol. The number of likely N-dealkylation sites (tertiary alicyclic amines) is 1. The van der Waals surface area contributed by atoms with Crippen LogP contribution >= 0.6 is 11.3 Å². The van der Waals surface area contributed by atoms with Gasteiger partial charge in [-0.25, -0.2) is 4.98 Å². The van der Waals surface area contributed by atoms with Gasteiger partial charge in [-0.05, 0) is 31.4 Å². The van der Waals surface area contributed by atoms with Gasteiger partial charge in [-0.2, -0.15) is 0 Å². The first-order chi connectivity index (χ1) is 10.7. The number of fused-ring (bicyclic) bond motifs is 1. The molecule has 1 unspecified atom stereocenters. The molecule has 0 saturated carbocycles.